The van der Waals surface area contributed by atoms with Gasteiger partial charge in [0.1, 0.15) is 0 Å². The highest BCUT2D eigenvalue weighted by atomic mass is 28.3. The van der Waals surface area contributed by atoms with Crippen molar-refractivity contribution < 1.29 is 9.53 Å². The Balaban J connectivity index is 4.74. The number of methoxy groups -OCH3 is 1. The summed E-state index contributed by atoms with van der Waals surface area (Å²) in [5, 5.41) is 0. The molecular formula is C15H28O2Si. The molecule has 0 fully saturated rings. The van der Waals surface area contributed by atoms with Crippen LogP contribution in [-0.2, 0) is 9.53 Å². The quantitative estimate of drug-likeness (QED) is 0.305. The van der Waals surface area contributed by atoms with E-state index in [0.717, 1.165) is 18.9 Å². The summed E-state index contributed by atoms with van der Waals surface area (Å²) in [4.78, 5) is 11.4. The summed E-state index contributed by atoms with van der Waals surface area (Å²) in [6.07, 6.45) is 3.70. The molecule has 0 saturated heterocycles. The first-order chi connectivity index (χ1) is 8.15. The number of carbonyl (C=O) groups is 1. The fraction of sp³-hybridized carbons (Fsp3) is 0.667. The third-order valence-corrected chi connectivity index (χ3v) is 4.47. The van der Waals surface area contributed by atoms with Gasteiger partial charge < -0.3 is 4.74 Å². The molecule has 0 rings (SSSR count). The lowest BCUT2D eigenvalue weighted by molar-refractivity contribution is -0.134. The van der Waals surface area contributed by atoms with Crippen molar-refractivity contribution >= 4 is 14.0 Å². The molecule has 0 aliphatic rings. The minimum atomic E-state index is -1.19. The summed E-state index contributed by atoms with van der Waals surface area (Å²) in [5.74, 6) is -0.224. The molecule has 0 heterocycles. The molecule has 2 nitrogen and oxygen atoms in total. The topological polar surface area (TPSA) is 26.3 Å². The van der Waals surface area contributed by atoms with Crippen LogP contribution in [0.3, 0.4) is 0 Å². The number of allylic oxidation sites excluding steroid dienone is 3. The normalized spacial score (nSPS) is 12.3. The second-order valence-corrected chi connectivity index (χ2v) is 11.8. The minimum absolute atomic E-state index is 0.224. The first kappa shape index (κ1) is 17.2. The minimum Gasteiger partial charge on any atom is -0.466 e. The molecule has 0 unspecified atom stereocenters. The summed E-state index contributed by atoms with van der Waals surface area (Å²) in [6, 6.07) is 1.07. The standard InChI is InChI=1S/C15H28O2Si/c1-12(2)13(3)8-9-14(10-15(16)17-4)11-18(5,6)7/h10H,8-9,11H2,1-7H3/b14-10-. The van der Waals surface area contributed by atoms with E-state index < -0.39 is 8.07 Å². The fourth-order valence-electron chi connectivity index (χ4n) is 1.72. The smallest absolute Gasteiger partial charge is 0.330 e. The maximum atomic E-state index is 11.4. The molecule has 0 saturated carbocycles. The Morgan fingerprint density at radius 1 is 1.11 bits per heavy atom. The van der Waals surface area contributed by atoms with Crippen LogP contribution in [0.4, 0.5) is 0 Å². The lowest BCUT2D eigenvalue weighted by Crippen LogP contribution is -2.20. The van der Waals surface area contributed by atoms with Crippen molar-refractivity contribution in [3.63, 3.8) is 0 Å². The average molecular weight is 268 g/mol. The zero-order valence-electron chi connectivity index (χ0n) is 13.0. The maximum Gasteiger partial charge on any atom is 0.330 e. The first-order valence-electron chi connectivity index (χ1n) is 6.56. The van der Waals surface area contributed by atoms with E-state index in [0.29, 0.717) is 0 Å². The van der Waals surface area contributed by atoms with Gasteiger partial charge in [-0.25, -0.2) is 4.79 Å². The molecule has 0 aromatic rings. The van der Waals surface area contributed by atoms with Crippen LogP contribution < -0.4 is 0 Å². The molecule has 0 radical (unpaired) electrons. The van der Waals surface area contributed by atoms with Crippen LogP contribution in [0.1, 0.15) is 33.6 Å². The van der Waals surface area contributed by atoms with E-state index in [1.54, 1.807) is 6.08 Å². The zero-order valence-corrected chi connectivity index (χ0v) is 14.0. The summed E-state index contributed by atoms with van der Waals surface area (Å²) < 4.78 is 4.74. The van der Waals surface area contributed by atoms with Gasteiger partial charge in [0.25, 0.3) is 0 Å². The van der Waals surface area contributed by atoms with Crippen LogP contribution in [-0.4, -0.2) is 21.2 Å². The molecule has 0 aliphatic heterocycles. The number of rotatable bonds is 6. The van der Waals surface area contributed by atoms with Crippen molar-refractivity contribution in [1.29, 1.82) is 0 Å². The van der Waals surface area contributed by atoms with Crippen LogP contribution in [0.2, 0.25) is 25.7 Å². The summed E-state index contributed by atoms with van der Waals surface area (Å²) >= 11 is 0. The predicted molar refractivity (Wildman–Crippen MR) is 81.5 cm³/mol. The van der Waals surface area contributed by atoms with Crippen LogP contribution in [0, 0.1) is 0 Å². The summed E-state index contributed by atoms with van der Waals surface area (Å²) in [6.45, 7) is 13.4. The zero-order chi connectivity index (χ0) is 14.3. The third kappa shape index (κ3) is 8.29. The second kappa shape index (κ2) is 7.57. The average Bonchev–Trinajstić information content (AvgIpc) is 2.22. The van der Waals surface area contributed by atoms with E-state index in [4.69, 9.17) is 4.74 Å². The van der Waals surface area contributed by atoms with E-state index in [1.807, 2.05) is 0 Å². The number of carbonyl (C=O) groups excluding carboxylic acids is 1. The first-order valence-corrected chi connectivity index (χ1v) is 10.3. The third-order valence-electron chi connectivity index (χ3n) is 2.96. The molecule has 0 aliphatic carbocycles. The van der Waals surface area contributed by atoms with Gasteiger partial charge >= 0.3 is 5.97 Å². The number of hydrogen-bond donors (Lipinski definition) is 0. The van der Waals surface area contributed by atoms with Gasteiger partial charge in [-0.15, -0.1) is 0 Å². The van der Waals surface area contributed by atoms with Gasteiger partial charge in [-0.05, 0) is 39.7 Å². The Morgan fingerprint density at radius 2 is 1.67 bits per heavy atom. The van der Waals surface area contributed by atoms with Crippen molar-refractivity contribution in [2.45, 2.75) is 59.3 Å². The maximum absolute atomic E-state index is 11.4. The van der Waals surface area contributed by atoms with Gasteiger partial charge in [-0.1, -0.05) is 36.4 Å². The highest BCUT2D eigenvalue weighted by molar-refractivity contribution is 6.76. The van der Waals surface area contributed by atoms with E-state index in [9.17, 15) is 4.79 Å². The van der Waals surface area contributed by atoms with Crippen molar-refractivity contribution in [3.05, 3.63) is 22.8 Å². The van der Waals surface area contributed by atoms with Crippen molar-refractivity contribution in [2.24, 2.45) is 0 Å². The summed E-state index contributed by atoms with van der Waals surface area (Å²) in [7, 11) is 0.246. The Morgan fingerprint density at radius 3 is 2.06 bits per heavy atom. The van der Waals surface area contributed by atoms with Crippen LogP contribution in [0.5, 0.6) is 0 Å². The van der Waals surface area contributed by atoms with Crippen LogP contribution >= 0.6 is 0 Å². The lowest BCUT2D eigenvalue weighted by atomic mass is 10.0. The molecule has 0 atom stereocenters. The van der Waals surface area contributed by atoms with Crippen LogP contribution in [0.25, 0.3) is 0 Å². The largest absolute Gasteiger partial charge is 0.466 e. The van der Waals surface area contributed by atoms with Crippen molar-refractivity contribution in [2.75, 3.05) is 7.11 Å². The second-order valence-electron chi connectivity index (χ2n) is 6.34. The van der Waals surface area contributed by atoms with Gasteiger partial charge in [-0.2, -0.15) is 0 Å². The van der Waals surface area contributed by atoms with E-state index in [-0.39, 0.29) is 5.97 Å². The lowest BCUT2D eigenvalue weighted by Gasteiger charge is -2.18. The number of ether oxygens (including phenoxy) is 1. The van der Waals surface area contributed by atoms with Gasteiger partial charge in [0, 0.05) is 14.1 Å². The Hall–Kier alpha value is -0.833. The molecule has 3 heteroatoms. The molecule has 0 aromatic carbocycles. The van der Waals surface area contributed by atoms with E-state index >= 15 is 0 Å². The molecular weight excluding hydrogens is 240 g/mol. The van der Waals surface area contributed by atoms with Gasteiger partial charge in [0.2, 0.25) is 0 Å². The molecule has 104 valence electrons. The Bertz CT molecular complexity index is 342. The Kier molecular flexibility index (Phi) is 7.22. The SMILES string of the molecule is COC(=O)/C=C(/CCC(C)=C(C)C)C[Si](C)(C)C. The van der Waals surface area contributed by atoms with E-state index in [1.165, 1.54) is 23.8 Å². The van der Waals surface area contributed by atoms with Gasteiger partial charge in [0.05, 0.1) is 7.11 Å². The van der Waals surface area contributed by atoms with Crippen molar-refractivity contribution in [3.8, 4) is 0 Å². The molecule has 0 amide bonds. The Labute approximate surface area is 113 Å². The molecule has 0 aromatic heterocycles. The van der Waals surface area contributed by atoms with Crippen molar-refractivity contribution in [1.82, 2.24) is 0 Å². The van der Waals surface area contributed by atoms with Gasteiger partial charge in [0.15, 0.2) is 0 Å². The summed E-state index contributed by atoms with van der Waals surface area (Å²) in [5.41, 5.74) is 4.03. The number of esters is 1. The van der Waals surface area contributed by atoms with Crippen LogP contribution in [0.15, 0.2) is 22.8 Å². The molecule has 0 spiro atoms. The highest BCUT2D eigenvalue weighted by Gasteiger charge is 2.16. The number of hydrogen-bond acceptors (Lipinski definition) is 2. The van der Waals surface area contributed by atoms with Gasteiger partial charge in [-0.3, -0.25) is 0 Å². The molecule has 0 N–H and O–H groups in total. The molecule has 0 bridgehead atoms. The van der Waals surface area contributed by atoms with E-state index in [2.05, 4.69) is 40.4 Å². The monoisotopic (exact) mass is 268 g/mol. The fourth-order valence-corrected chi connectivity index (χ4v) is 3.36. The molecule has 18 heavy (non-hydrogen) atoms. The highest BCUT2D eigenvalue weighted by Crippen LogP contribution is 2.23. The predicted octanol–water partition coefficient (Wildman–Crippen LogP) is 4.56.